The van der Waals surface area contributed by atoms with Crippen LogP contribution < -0.4 is 23.9 Å². The van der Waals surface area contributed by atoms with Crippen molar-refractivity contribution >= 4 is 20.5 Å². The van der Waals surface area contributed by atoms with Gasteiger partial charge in [-0.05, 0) is 100 Å². The van der Waals surface area contributed by atoms with Gasteiger partial charge < -0.3 is 23.5 Å². The number of aryl methyl sites for hydroxylation is 2. The van der Waals surface area contributed by atoms with Crippen LogP contribution in [0.1, 0.15) is 65.2 Å². The summed E-state index contributed by atoms with van der Waals surface area (Å²) >= 11 is 0. The number of hydrogen-bond acceptors (Lipinski definition) is 6. The summed E-state index contributed by atoms with van der Waals surface area (Å²) in [5.41, 5.74) is 4.38. The van der Waals surface area contributed by atoms with Gasteiger partial charge in [0.15, 0.2) is 6.10 Å². The van der Waals surface area contributed by atoms with Gasteiger partial charge in [0.2, 0.25) is 0 Å². The molecule has 0 aliphatic rings. The molecule has 6 nitrogen and oxygen atoms in total. The molecule has 0 amide bonds. The van der Waals surface area contributed by atoms with E-state index in [-0.39, 0.29) is 6.10 Å². The summed E-state index contributed by atoms with van der Waals surface area (Å²) < 4.78 is 36.8. The Bertz CT molecular complexity index is 1990. The van der Waals surface area contributed by atoms with Crippen molar-refractivity contribution in [1.82, 2.24) is 0 Å². The molecule has 0 spiro atoms. The van der Waals surface area contributed by atoms with Crippen molar-refractivity contribution in [2.45, 2.75) is 73.6 Å². The van der Waals surface area contributed by atoms with Gasteiger partial charge >= 0.3 is 15.1 Å². The Morgan fingerprint density at radius 1 is 0.561 bits per heavy atom. The number of aliphatic hydroxyl groups excluding tert-OH is 1. The van der Waals surface area contributed by atoms with E-state index in [0.717, 1.165) is 28.1 Å². The van der Waals surface area contributed by atoms with Gasteiger partial charge in [0, 0.05) is 0 Å². The number of rotatable bonds is 11. The fourth-order valence-corrected chi connectivity index (χ4v) is 6.47. The van der Waals surface area contributed by atoms with Crippen LogP contribution in [0.5, 0.6) is 23.0 Å². The van der Waals surface area contributed by atoms with Crippen LogP contribution in [0, 0.1) is 25.9 Å². The van der Waals surface area contributed by atoms with Crippen LogP contribution in [0.4, 0.5) is 0 Å². The molecular formula is C49H57BO6P. The smallest absolute Gasteiger partial charge is 0.440 e. The van der Waals surface area contributed by atoms with Gasteiger partial charge in [-0.15, -0.1) is 0 Å². The molecule has 57 heavy (non-hydrogen) atoms. The highest BCUT2D eigenvalue weighted by molar-refractivity contribution is 7.56. The second-order valence-corrected chi connectivity index (χ2v) is 15.0. The van der Waals surface area contributed by atoms with E-state index in [1.807, 2.05) is 188 Å². The molecule has 0 saturated heterocycles. The first kappa shape index (κ1) is 47.3. The second kappa shape index (κ2) is 26.1. The molecule has 6 rings (SSSR count). The van der Waals surface area contributed by atoms with Gasteiger partial charge in [0.05, 0.1) is 5.75 Å². The average Bonchev–Trinajstić information content (AvgIpc) is 3.24. The van der Waals surface area contributed by atoms with Gasteiger partial charge in [0.25, 0.3) is 0 Å². The third-order valence-electron chi connectivity index (χ3n) is 7.86. The first-order valence-electron chi connectivity index (χ1n) is 19.2. The Morgan fingerprint density at radius 2 is 0.930 bits per heavy atom. The van der Waals surface area contributed by atoms with Gasteiger partial charge in [-0.3, -0.25) is 0 Å². The molecule has 6 aromatic carbocycles. The summed E-state index contributed by atoms with van der Waals surface area (Å²) in [5.74, 6) is 5.13. The molecule has 0 aromatic heterocycles. The predicted octanol–water partition coefficient (Wildman–Crippen LogP) is 12.7. The molecule has 0 heterocycles. The van der Waals surface area contributed by atoms with Crippen molar-refractivity contribution in [3.63, 3.8) is 0 Å². The highest BCUT2D eigenvalue weighted by Gasteiger charge is 2.48. The van der Waals surface area contributed by atoms with Crippen molar-refractivity contribution in [3.05, 3.63) is 187 Å². The van der Waals surface area contributed by atoms with Crippen molar-refractivity contribution in [3.8, 4) is 35.0 Å². The summed E-state index contributed by atoms with van der Waals surface area (Å²) in [6.45, 7) is 17.7. The zero-order valence-electron chi connectivity index (χ0n) is 34.8. The van der Waals surface area contributed by atoms with Crippen LogP contribution in [-0.2, 0) is 9.72 Å². The largest absolute Gasteiger partial charge is 0.558 e. The highest BCUT2D eigenvalue weighted by Crippen LogP contribution is 2.63. The maximum Gasteiger partial charge on any atom is 0.440 e. The summed E-state index contributed by atoms with van der Waals surface area (Å²) in [6.07, 6.45) is 1.53. The normalized spacial score (nSPS) is 10.5. The lowest BCUT2D eigenvalue weighted by atomic mass is 9.87. The van der Waals surface area contributed by atoms with E-state index in [1.165, 1.54) is 5.56 Å². The molecule has 0 aliphatic carbocycles. The van der Waals surface area contributed by atoms with Gasteiger partial charge in [0.1, 0.15) is 28.5 Å². The van der Waals surface area contributed by atoms with Gasteiger partial charge in [-0.2, -0.15) is 0 Å². The lowest BCUT2D eigenvalue weighted by molar-refractivity contribution is 0.277. The Hall–Kier alpha value is -5.83. The third-order valence-corrected chi connectivity index (χ3v) is 10.4. The molecule has 0 fully saturated rings. The first-order chi connectivity index (χ1) is 27.6. The van der Waals surface area contributed by atoms with Crippen LogP contribution in [0.2, 0.25) is 0 Å². The lowest BCUT2D eigenvalue weighted by Crippen LogP contribution is -2.24. The summed E-state index contributed by atoms with van der Waals surface area (Å²) in [5, 5.41) is 7.43. The molecule has 0 bridgehead atoms. The third kappa shape index (κ3) is 16.8. The van der Waals surface area contributed by atoms with Crippen LogP contribution in [0.25, 0.3) is 0 Å². The Kier molecular flexibility index (Phi) is 21.7. The molecule has 297 valence electrons. The molecule has 1 radical (unpaired) electrons. The van der Waals surface area contributed by atoms with Crippen LogP contribution in [0.3, 0.4) is 0 Å². The van der Waals surface area contributed by atoms with Crippen LogP contribution >= 0.6 is 7.60 Å². The minimum atomic E-state index is -3.60. The Morgan fingerprint density at radius 3 is 1.33 bits per heavy atom. The monoisotopic (exact) mass is 783 g/mol. The van der Waals surface area contributed by atoms with Crippen molar-refractivity contribution in [2.24, 2.45) is 0 Å². The molecule has 1 atom stereocenters. The molecule has 0 saturated carbocycles. The van der Waals surface area contributed by atoms with Crippen molar-refractivity contribution in [1.29, 1.82) is 0 Å². The Balaban J connectivity index is 0.000000307. The number of aliphatic hydroxyl groups is 1. The zero-order chi connectivity index (χ0) is 41.9. The van der Waals surface area contributed by atoms with E-state index in [1.54, 1.807) is 38.7 Å². The number of ether oxygens (including phenoxy) is 1. The van der Waals surface area contributed by atoms with Crippen LogP contribution in [-0.4, -0.2) is 18.7 Å². The van der Waals surface area contributed by atoms with Gasteiger partial charge in [-0.25, -0.2) is 4.57 Å². The molecule has 6 aromatic rings. The Labute approximate surface area is 342 Å². The highest BCUT2D eigenvalue weighted by atomic mass is 31.2. The lowest BCUT2D eigenvalue weighted by Gasteiger charge is -2.33. The first-order valence-corrected chi connectivity index (χ1v) is 20.8. The van der Waals surface area contributed by atoms with Gasteiger partial charge in [-0.1, -0.05) is 160 Å². The maximum atomic E-state index is 14.0. The van der Waals surface area contributed by atoms with E-state index in [4.69, 9.17) is 23.5 Å². The predicted molar refractivity (Wildman–Crippen MR) is 239 cm³/mol. The average molecular weight is 784 g/mol. The molecule has 1 unspecified atom stereocenters. The topological polar surface area (TPSA) is 74.2 Å². The minimum Gasteiger partial charge on any atom is -0.558 e. The van der Waals surface area contributed by atoms with Crippen molar-refractivity contribution in [2.75, 3.05) is 0 Å². The fourth-order valence-electron chi connectivity index (χ4n) is 4.71. The zero-order valence-corrected chi connectivity index (χ0v) is 35.7. The summed E-state index contributed by atoms with van der Waals surface area (Å²) in [6, 6.07) is 53.6. The van der Waals surface area contributed by atoms with E-state index in [0.29, 0.717) is 11.5 Å². The van der Waals surface area contributed by atoms with E-state index >= 15 is 0 Å². The summed E-state index contributed by atoms with van der Waals surface area (Å²) in [7, 11) is -1.84. The quantitative estimate of drug-likeness (QED) is 0.0801. The van der Waals surface area contributed by atoms with Crippen LogP contribution in [0.15, 0.2) is 170 Å². The van der Waals surface area contributed by atoms with E-state index in [2.05, 4.69) is 25.0 Å². The van der Waals surface area contributed by atoms with Crippen molar-refractivity contribution < 1.29 is 28.1 Å². The standard InChI is InChI=1S/C22H23O3P.C13H12BO.C10H10O2.2C2H6/c1-18-14-16-19(17-15-18)22(2,3)26(23,24-20-10-6-4-7-11-20)25-21-12-8-5-9-13-21;1-11-7-9-12(10-8-11)14-15-13-5-3-2-4-6-13;1-9(7-8-11)12-10-5-3-2-4-6-10;2*1-2/h4-17H,1-3H3;2-10H,1H3;2-6,9,11H,1H3;2*1-2H3. The summed E-state index contributed by atoms with van der Waals surface area (Å²) in [4.78, 5) is 0. The molecule has 8 heteroatoms. The maximum absolute atomic E-state index is 14.0. The molecule has 0 aliphatic heterocycles. The molecule has 1 N–H and O–H groups in total. The number of hydrogen-bond donors (Lipinski definition) is 1. The second-order valence-electron chi connectivity index (χ2n) is 12.5. The number of para-hydroxylation sites is 4. The number of benzene rings is 6. The van der Waals surface area contributed by atoms with E-state index < -0.39 is 12.8 Å². The fraction of sp³-hybridized carbons (Fsp3) is 0.224. The molecular weight excluding hydrogens is 726 g/mol. The van der Waals surface area contributed by atoms with E-state index in [9.17, 15) is 4.57 Å². The minimum absolute atomic E-state index is 0.280. The SMILES string of the molecule is CC.CC.CC(C#CO)Oc1ccccc1.Cc1ccc(C(C)(C)P(=O)(Oc2ccccc2)Oc2ccccc2)cc1.Cc1ccc([B]Oc2ccccc2)cc1.